The van der Waals surface area contributed by atoms with Gasteiger partial charge in [-0.15, -0.1) is 0 Å². The molecule has 0 spiro atoms. The molecule has 3 aliphatic rings. The van der Waals surface area contributed by atoms with Gasteiger partial charge < -0.3 is 25.8 Å². The van der Waals surface area contributed by atoms with E-state index >= 15 is 0 Å². The van der Waals surface area contributed by atoms with Crippen LogP contribution in [0.2, 0.25) is 0 Å². The minimum atomic E-state index is -0.264. The molecule has 2 aliphatic heterocycles. The molecule has 0 unspecified atom stereocenters. The summed E-state index contributed by atoms with van der Waals surface area (Å²) in [5.41, 5.74) is 11.7. The van der Waals surface area contributed by atoms with Gasteiger partial charge in [-0.25, -0.2) is 4.79 Å². The molecule has 1 aliphatic carbocycles. The number of amides is 2. The van der Waals surface area contributed by atoms with E-state index in [2.05, 4.69) is 40.3 Å². The van der Waals surface area contributed by atoms with E-state index < -0.39 is 0 Å². The zero-order valence-corrected chi connectivity index (χ0v) is 20.1. The molecule has 9 heteroatoms. The lowest BCUT2D eigenvalue weighted by Gasteiger charge is -2.24. The van der Waals surface area contributed by atoms with Crippen LogP contribution < -0.4 is 21.1 Å². The van der Waals surface area contributed by atoms with E-state index in [1.54, 1.807) is 7.11 Å². The summed E-state index contributed by atoms with van der Waals surface area (Å²) in [6, 6.07) is 2.01. The topological polar surface area (TPSA) is 110 Å². The van der Waals surface area contributed by atoms with Crippen molar-refractivity contribution in [3.05, 3.63) is 39.4 Å². The zero-order chi connectivity index (χ0) is 22.9. The summed E-state index contributed by atoms with van der Waals surface area (Å²) in [4.78, 5) is 17.4. The van der Waals surface area contributed by atoms with E-state index in [1.165, 1.54) is 28.5 Å². The number of nitrogens with zero attached hydrogens (tertiary/aromatic N) is 1. The van der Waals surface area contributed by atoms with Gasteiger partial charge in [0.1, 0.15) is 4.91 Å². The summed E-state index contributed by atoms with van der Waals surface area (Å²) >= 11 is 1.12. The Morgan fingerprint density at radius 3 is 2.78 bits per heavy atom. The molecular formula is C23H35N5O3S. The summed E-state index contributed by atoms with van der Waals surface area (Å²) in [6.07, 6.45) is 6.96. The predicted octanol–water partition coefficient (Wildman–Crippen LogP) is 3.04. The molecular weight excluding hydrogens is 426 g/mol. The summed E-state index contributed by atoms with van der Waals surface area (Å²) in [5.74, 6) is 0.495. The van der Waals surface area contributed by atoms with Crippen LogP contribution in [0.3, 0.4) is 0 Å². The number of nitrogens with one attached hydrogen (secondary N) is 3. The van der Waals surface area contributed by atoms with Crippen molar-refractivity contribution in [3.63, 3.8) is 0 Å². The summed E-state index contributed by atoms with van der Waals surface area (Å²) in [6.45, 7) is 7.65. The number of rotatable bonds is 6. The molecule has 0 bridgehead atoms. The highest BCUT2D eigenvalue weighted by Gasteiger charge is 2.21. The fourth-order valence-corrected chi connectivity index (χ4v) is 4.51. The lowest BCUT2D eigenvalue weighted by molar-refractivity contribution is 0.0600. The van der Waals surface area contributed by atoms with Crippen LogP contribution in [0.15, 0.2) is 22.2 Å². The van der Waals surface area contributed by atoms with Crippen molar-refractivity contribution in [2.75, 3.05) is 38.7 Å². The molecule has 2 heterocycles. The van der Waals surface area contributed by atoms with Crippen molar-refractivity contribution in [1.82, 2.24) is 10.0 Å². The Morgan fingerprint density at radius 2 is 2.22 bits per heavy atom. The van der Waals surface area contributed by atoms with Gasteiger partial charge in [-0.05, 0) is 66.8 Å². The van der Waals surface area contributed by atoms with Gasteiger partial charge in [0.25, 0.3) is 0 Å². The van der Waals surface area contributed by atoms with Crippen molar-refractivity contribution in [1.29, 1.82) is 0 Å². The third kappa shape index (κ3) is 6.17. The molecule has 5 N–H and O–H groups in total. The first-order chi connectivity index (χ1) is 15.6. The first-order valence-electron chi connectivity index (χ1n) is 11.3. The third-order valence-electron chi connectivity index (χ3n) is 5.81. The van der Waals surface area contributed by atoms with Crippen LogP contribution in [0, 0.1) is 6.92 Å². The maximum atomic E-state index is 12.5. The van der Waals surface area contributed by atoms with Gasteiger partial charge in [-0.2, -0.15) is 0 Å². The minimum absolute atomic E-state index is 0.264. The minimum Gasteiger partial charge on any atom is -0.477 e. The Balaban J connectivity index is 0.000000416. The maximum absolute atomic E-state index is 12.5. The molecule has 4 rings (SSSR count). The van der Waals surface area contributed by atoms with Crippen LogP contribution >= 0.6 is 11.9 Å². The number of carbonyl (C=O) groups excluding carboxylic acids is 1. The normalized spacial score (nSPS) is 17.8. The number of urea groups is 1. The van der Waals surface area contributed by atoms with Crippen LogP contribution in [-0.4, -0.2) is 51.4 Å². The maximum Gasteiger partial charge on any atom is 0.329 e. The Morgan fingerprint density at radius 1 is 1.41 bits per heavy atom. The van der Waals surface area contributed by atoms with Crippen LogP contribution in [0.1, 0.15) is 42.0 Å². The van der Waals surface area contributed by atoms with Gasteiger partial charge in [0.2, 0.25) is 5.90 Å². The van der Waals surface area contributed by atoms with Crippen molar-refractivity contribution in [2.45, 2.75) is 52.1 Å². The second-order valence-electron chi connectivity index (χ2n) is 7.99. The van der Waals surface area contributed by atoms with Crippen LogP contribution in [0.4, 0.5) is 10.5 Å². The predicted molar refractivity (Wildman–Crippen MR) is 131 cm³/mol. The fourth-order valence-electron chi connectivity index (χ4n) is 3.97. The van der Waals surface area contributed by atoms with E-state index in [9.17, 15) is 4.79 Å². The van der Waals surface area contributed by atoms with E-state index in [1.807, 2.05) is 0 Å². The highest BCUT2D eigenvalue weighted by atomic mass is 32.2. The molecule has 0 saturated carbocycles. The van der Waals surface area contributed by atoms with Gasteiger partial charge in [-0.3, -0.25) is 9.71 Å². The van der Waals surface area contributed by atoms with Gasteiger partial charge in [-0.1, -0.05) is 13.0 Å². The largest absolute Gasteiger partial charge is 0.477 e. The quantitative estimate of drug-likeness (QED) is 0.485. The number of anilines is 1. The Labute approximate surface area is 194 Å². The Kier molecular flexibility index (Phi) is 9.25. The number of benzene rings is 1. The van der Waals surface area contributed by atoms with Crippen molar-refractivity contribution < 1.29 is 14.3 Å². The van der Waals surface area contributed by atoms with Gasteiger partial charge in [0.15, 0.2) is 0 Å². The number of hydrogen-bond donors (Lipinski definition) is 4. The number of nitrogens with two attached hydrogens (primary N) is 1. The fraction of sp³-hybridized carbons (Fsp3) is 0.565. The SMILES string of the molecule is CCc1c(C)cc2c(c1NC(=O)NS/C(=C/N)C1=NCCCO1)CCC2.COC1CNC1. The lowest BCUT2D eigenvalue weighted by atomic mass is 9.96. The molecule has 1 aromatic carbocycles. The molecule has 1 fully saturated rings. The van der Waals surface area contributed by atoms with Crippen molar-refractivity contribution in [2.24, 2.45) is 10.7 Å². The van der Waals surface area contributed by atoms with Gasteiger partial charge >= 0.3 is 6.03 Å². The van der Waals surface area contributed by atoms with E-state index in [0.717, 1.165) is 62.8 Å². The average molecular weight is 462 g/mol. The smallest absolute Gasteiger partial charge is 0.329 e. The van der Waals surface area contributed by atoms with Crippen LogP contribution in [-0.2, 0) is 28.7 Å². The highest BCUT2D eigenvalue weighted by molar-refractivity contribution is 8.02. The number of hydrogen-bond acceptors (Lipinski definition) is 7. The molecule has 176 valence electrons. The molecule has 8 nitrogen and oxygen atoms in total. The molecule has 0 atom stereocenters. The Hall–Kier alpha value is -2.23. The highest BCUT2D eigenvalue weighted by Crippen LogP contribution is 2.34. The molecule has 32 heavy (non-hydrogen) atoms. The van der Waals surface area contributed by atoms with Gasteiger partial charge in [0, 0.05) is 45.1 Å². The Bertz CT molecular complexity index is 861. The van der Waals surface area contributed by atoms with E-state index in [0.29, 0.717) is 30.1 Å². The van der Waals surface area contributed by atoms with Crippen LogP contribution in [0.5, 0.6) is 0 Å². The number of aliphatic imine (C=N–C) groups is 1. The third-order valence-corrected chi connectivity index (χ3v) is 6.63. The van der Waals surface area contributed by atoms with Gasteiger partial charge in [0.05, 0.1) is 12.7 Å². The van der Waals surface area contributed by atoms with E-state index in [-0.39, 0.29) is 6.03 Å². The monoisotopic (exact) mass is 461 g/mol. The second-order valence-corrected chi connectivity index (χ2v) is 8.83. The standard InChI is InChI=1S/C19H26N4O2S.C4H9NO/c1-3-14-12(2)10-13-6-4-7-15(13)17(14)22-19(24)23-26-16(11-20)18-21-8-5-9-25-18;1-6-4-2-5-3-4/h10-11H,3-9,20H2,1-2H3,(H2,22,23,24);4-5H,2-3H2,1H3/b16-11+;. The molecule has 2 amide bonds. The number of aryl methyl sites for hydroxylation is 2. The van der Waals surface area contributed by atoms with Crippen molar-refractivity contribution in [3.8, 4) is 0 Å². The van der Waals surface area contributed by atoms with Crippen LogP contribution in [0.25, 0.3) is 0 Å². The average Bonchev–Trinajstić information content (AvgIpc) is 3.23. The summed E-state index contributed by atoms with van der Waals surface area (Å²) in [7, 11) is 1.74. The summed E-state index contributed by atoms with van der Waals surface area (Å²) < 4.78 is 13.2. The summed E-state index contributed by atoms with van der Waals surface area (Å²) in [5, 5.41) is 6.15. The van der Waals surface area contributed by atoms with Crippen molar-refractivity contribution >= 4 is 29.6 Å². The first kappa shape index (κ1) is 24.4. The number of methoxy groups -OCH3 is 1. The molecule has 1 saturated heterocycles. The van der Waals surface area contributed by atoms with E-state index in [4.69, 9.17) is 15.2 Å². The number of fused-ring (bicyclic) bond motifs is 1. The first-order valence-corrected chi connectivity index (χ1v) is 12.1. The molecule has 0 aromatic heterocycles. The molecule has 1 aromatic rings. The zero-order valence-electron chi connectivity index (χ0n) is 19.3. The lowest BCUT2D eigenvalue weighted by Crippen LogP contribution is -2.47. The second kappa shape index (κ2) is 12.1. The molecule has 0 radical (unpaired) electrons. The number of carbonyl (C=O) groups is 1. The number of ether oxygens (including phenoxy) is 2.